The molecule has 0 spiro atoms. The lowest BCUT2D eigenvalue weighted by Crippen LogP contribution is -2.30. The molecule has 1 atom stereocenters. The van der Waals surface area contributed by atoms with Crippen molar-refractivity contribution in [2.24, 2.45) is 0 Å². The molecule has 0 unspecified atom stereocenters. The van der Waals surface area contributed by atoms with Crippen LogP contribution in [0.1, 0.15) is 24.2 Å². The maximum Gasteiger partial charge on any atom is 0.271 e. The molecule has 130 valence electrons. The average molecular weight is 363 g/mol. The van der Waals surface area contributed by atoms with Crippen LogP contribution in [0.25, 0.3) is 0 Å². The number of ketones is 1. The lowest BCUT2D eigenvalue weighted by atomic mass is 10.1. The van der Waals surface area contributed by atoms with E-state index in [0.717, 1.165) is 6.07 Å². The molecule has 8 heteroatoms. The summed E-state index contributed by atoms with van der Waals surface area (Å²) in [5, 5.41) is 13.4. The van der Waals surface area contributed by atoms with Crippen molar-refractivity contribution in [3.63, 3.8) is 0 Å². The van der Waals surface area contributed by atoms with Crippen LogP contribution in [-0.4, -0.2) is 22.7 Å². The van der Waals surface area contributed by atoms with Crippen molar-refractivity contribution < 1.29 is 19.2 Å². The van der Waals surface area contributed by atoms with Gasteiger partial charge in [-0.25, -0.2) is 0 Å². The van der Waals surface area contributed by atoms with E-state index in [9.17, 15) is 19.7 Å². The molecule has 25 heavy (non-hydrogen) atoms. The second-order valence-corrected chi connectivity index (χ2v) is 5.63. The number of hydrogen-bond donors (Lipinski definition) is 1. The predicted octanol–water partition coefficient (Wildman–Crippen LogP) is 3.86. The molecule has 0 saturated carbocycles. The zero-order valence-electron chi connectivity index (χ0n) is 13.5. The van der Waals surface area contributed by atoms with Gasteiger partial charge in [0.1, 0.15) is 5.75 Å². The number of amides is 1. The molecule has 1 N–H and O–H groups in total. The number of Topliss-reactive ketones (excluding diaryl/α,β-unsaturated/α-hetero) is 1. The van der Waals surface area contributed by atoms with Crippen LogP contribution < -0.4 is 10.1 Å². The number of para-hydroxylation sites is 1. The molecule has 1 amide bonds. The summed E-state index contributed by atoms with van der Waals surface area (Å²) in [5.41, 5.74) is 0.589. The fourth-order valence-electron chi connectivity index (χ4n) is 2.08. The van der Waals surface area contributed by atoms with Crippen molar-refractivity contribution in [3.05, 3.63) is 63.2 Å². The fourth-order valence-corrected chi connectivity index (χ4v) is 2.30. The Morgan fingerprint density at radius 1 is 1.24 bits per heavy atom. The second kappa shape index (κ2) is 7.76. The van der Waals surface area contributed by atoms with Crippen molar-refractivity contribution in [2.75, 3.05) is 5.32 Å². The van der Waals surface area contributed by atoms with Gasteiger partial charge < -0.3 is 10.1 Å². The van der Waals surface area contributed by atoms with E-state index >= 15 is 0 Å². The van der Waals surface area contributed by atoms with E-state index in [2.05, 4.69) is 5.32 Å². The van der Waals surface area contributed by atoms with E-state index in [1.54, 1.807) is 24.3 Å². The van der Waals surface area contributed by atoms with Gasteiger partial charge in [-0.05, 0) is 32.0 Å². The number of carbonyl (C=O) groups excluding carboxylic acids is 2. The summed E-state index contributed by atoms with van der Waals surface area (Å²) < 4.78 is 5.46. The van der Waals surface area contributed by atoms with E-state index in [-0.39, 0.29) is 22.2 Å². The highest BCUT2D eigenvalue weighted by atomic mass is 35.5. The zero-order valence-corrected chi connectivity index (χ0v) is 14.2. The smallest absolute Gasteiger partial charge is 0.271 e. The number of nitrogens with one attached hydrogen (secondary N) is 1. The maximum atomic E-state index is 12.3. The summed E-state index contributed by atoms with van der Waals surface area (Å²) in [6, 6.07) is 10.3. The van der Waals surface area contributed by atoms with Gasteiger partial charge in [0.05, 0.1) is 15.6 Å². The van der Waals surface area contributed by atoms with Crippen LogP contribution in [-0.2, 0) is 4.79 Å². The number of anilines is 1. The SMILES string of the molecule is CC(=O)c1ccccc1NC(=O)[C@H](C)Oc1ccc([N+](=O)[O-])cc1Cl. The van der Waals surface area contributed by atoms with Gasteiger partial charge in [-0.15, -0.1) is 0 Å². The summed E-state index contributed by atoms with van der Waals surface area (Å²) >= 11 is 5.94. The Morgan fingerprint density at radius 3 is 2.52 bits per heavy atom. The van der Waals surface area contributed by atoms with Crippen LogP contribution in [0.2, 0.25) is 5.02 Å². The largest absolute Gasteiger partial charge is 0.479 e. The number of nitrogens with zero attached hydrogens (tertiary/aromatic N) is 1. The molecule has 0 aliphatic rings. The van der Waals surface area contributed by atoms with Gasteiger partial charge in [-0.1, -0.05) is 23.7 Å². The van der Waals surface area contributed by atoms with E-state index in [1.165, 1.54) is 26.0 Å². The first-order valence-electron chi connectivity index (χ1n) is 7.31. The third kappa shape index (κ3) is 4.54. The lowest BCUT2D eigenvalue weighted by Gasteiger charge is -2.16. The molecule has 0 aliphatic heterocycles. The number of benzene rings is 2. The first-order chi connectivity index (χ1) is 11.8. The second-order valence-electron chi connectivity index (χ2n) is 5.22. The molecule has 0 radical (unpaired) electrons. The van der Waals surface area contributed by atoms with Crippen molar-refractivity contribution in [1.82, 2.24) is 0 Å². The minimum atomic E-state index is -0.932. The number of non-ortho nitro benzene ring substituents is 1. The fraction of sp³-hybridized carbons (Fsp3) is 0.176. The first-order valence-corrected chi connectivity index (χ1v) is 7.69. The number of carbonyl (C=O) groups is 2. The molecule has 2 rings (SSSR count). The topological polar surface area (TPSA) is 98.5 Å². The van der Waals surface area contributed by atoms with Gasteiger partial charge >= 0.3 is 0 Å². The molecular weight excluding hydrogens is 348 g/mol. The molecule has 0 heterocycles. The Balaban J connectivity index is 2.11. The Hall–Kier alpha value is -2.93. The number of halogens is 1. The summed E-state index contributed by atoms with van der Waals surface area (Å²) in [5.74, 6) is -0.513. The standard InChI is InChI=1S/C17H15ClN2O5/c1-10(21)13-5-3-4-6-15(13)19-17(22)11(2)25-16-8-7-12(20(23)24)9-14(16)18/h3-9,11H,1-2H3,(H,19,22)/t11-/m0/s1. The summed E-state index contributed by atoms with van der Waals surface area (Å²) in [4.78, 5) is 34.0. The quantitative estimate of drug-likeness (QED) is 0.478. The predicted molar refractivity (Wildman–Crippen MR) is 93.3 cm³/mol. The van der Waals surface area contributed by atoms with Crippen LogP contribution in [0.4, 0.5) is 11.4 Å². The summed E-state index contributed by atoms with van der Waals surface area (Å²) in [6.45, 7) is 2.91. The number of ether oxygens (including phenoxy) is 1. The molecule has 0 aromatic heterocycles. The molecule has 2 aromatic carbocycles. The molecule has 0 fully saturated rings. The van der Waals surface area contributed by atoms with E-state index in [1.807, 2.05) is 0 Å². The van der Waals surface area contributed by atoms with Crippen LogP contribution in [0.15, 0.2) is 42.5 Å². The molecule has 0 bridgehead atoms. The summed E-state index contributed by atoms with van der Waals surface area (Å²) in [7, 11) is 0. The minimum Gasteiger partial charge on any atom is -0.479 e. The Bertz CT molecular complexity index is 838. The minimum absolute atomic E-state index is 0.0259. The molecular formula is C17H15ClN2O5. The van der Waals surface area contributed by atoms with Crippen LogP contribution in [0.5, 0.6) is 5.75 Å². The van der Waals surface area contributed by atoms with Gasteiger partial charge in [0.25, 0.3) is 11.6 Å². The molecule has 2 aromatic rings. The van der Waals surface area contributed by atoms with Crippen LogP contribution in [0.3, 0.4) is 0 Å². The van der Waals surface area contributed by atoms with Gasteiger partial charge in [-0.2, -0.15) is 0 Å². The first kappa shape index (κ1) is 18.4. The van der Waals surface area contributed by atoms with Crippen molar-refractivity contribution >= 4 is 34.7 Å². The average Bonchev–Trinajstić information content (AvgIpc) is 2.56. The van der Waals surface area contributed by atoms with Gasteiger partial charge in [0.2, 0.25) is 0 Å². The maximum absolute atomic E-state index is 12.3. The lowest BCUT2D eigenvalue weighted by molar-refractivity contribution is -0.384. The van der Waals surface area contributed by atoms with E-state index < -0.39 is 16.9 Å². The Morgan fingerprint density at radius 2 is 1.92 bits per heavy atom. The number of rotatable bonds is 6. The highest BCUT2D eigenvalue weighted by molar-refractivity contribution is 6.32. The third-order valence-corrected chi connectivity index (χ3v) is 3.66. The number of hydrogen-bond acceptors (Lipinski definition) is 5. The van der Waals surface area contributed by atoms with Crippen LogP contribution in [0, 0.1) is 10.1 Å². The van der Waals surface area contributed by atoms with Gasteiger partial charge in [-0.3, -0.25) is 19.7 Å². The highest BCUT2D eigenvalue weighted by Crippen LogP contribution is 2.29. The van der Waals surface area contributed by atoms with Crippen molar-refractivity contribution in [2.45, 2.75) is 20.0 Å². The van der Waals surface area contributed by atoms with E-state index in [0.29, 0.717) is 11.3 Å². The number of nitro benzene ring substituents is 1. The molecule has 0 aliphatic carbocycles. The molecule has 7 nitrogen and oxygen atoms in total. The van der Waals surface area contributed by atoms with Crippen LogP contribution >= 0.6 is 11.6 Å². The third-order valence-electron chi connectivity index (χ3n) is 3.36. The number of nitro groups is 1. The Kier molecular flexibility index (Phi) is 5.71. The summed E-state index contributed by atoms with van der Waals surface area (Å²) in [6.07, 6.45) is -0.932. The highest BCUT2D eigenvalue weighted by Gasteiger charge is 2.19. The van der Waals surface area contributed by atoms with Crippen molar-refractivity contribution in [3.8, 4) is 5.75 Å². The van der Waals surface area contributed by atoms with Gasteiger partial charge in [0.15, 0.2) is 11.9 Å². The van der Waals surface area contributed by atoms with Crippen molar-refractivity contribution in [1.29, 1.82) is 0 Å². The molecule has 0 saturated heterocycles. The van der Waals surface area contributed by atoms with Gasteiger partial charge in [0, 0.05) is 17.7 Å². The normalized spacial score (nSPS) is 11.5. The van der Waals surface area contributed by atoms with E-state index in [4.69, 9.17) is 16.3 Å². The Labute approximate surface area is 148 Å². The monoisotopic (exact) mass is 362 g/mol. The zero-order chi connectivity index (χ0) is 18.6.